The Morgan fingerprint density at radius 2 is 1.77 bits per heavy atom. The van der Waals surface area contributed by atoms with E-state index < -0.39 is 11.2 Å². The third-order valence-electron chi connectivity index (χ3n) is 8.21. The van der Waals surface area contributed by atoms with Crippen molar-refractivity contribution in [2.75, 3.05) is 6.61 Å². The molecule has 5 aromatic rings. The summed E-state index contributed by atoms with van der Waals surface area (Å²) in [5.74, 6) is 0.672. The molecule has 0 saturated carbocycles. The van der Waals surface area contributed by atoms with Crippen molar-refractivity contribution in [3.8, 4) is 35.0 Å². The molecule has 2 aliphatic rings. The van der Waals surface area contributed by atoms with Gasteiger partial charge in [0.15, 0.2) is 0 Å². The number of imidazole rings is 1. The molecule has 2 aliphatic heterocycles. The molecule has 0 aliphatic carbocycles. The molecule has 7 rings (SSSR count). The third kappa shape index (κ3) is 3.37. The van der Waals surface area contributed by atoms with Gasteiger partial charge in [-0.2, -0.15) is 5.26 Å². The number of aromatic nitrogens is 3. The van der Waals surface area contributed by atoms with Gasteiger partial charge in [-0.05, 0) is 56.2 Å². The Kier molecular flexibility index (Phi) is 5.03. The lowest BCUT2D eigenvalue weighted by atomic mass is 9.78. The molecule has 194 valence electrons. The van der Waals surface area contributed by atoms with Gasteiger partial charge in [0.05, 0.1) is 47.0 Å². The molecule has 0 amide bonds. The largest absolute Gasteiger partial charge is 0.494 e. The molecule has 2 atom stereocenters. The van der Waals surface area contributed by atoms with Crippen LogP contribution in [0.25, 0.3) is 22.1 Å². The van der Waals surface area contributed by atoms with E-state index in [9.17, 15) is 15.5 Å². The summed E-state index contributed by atoms with van der Waals surface area (Å²) in [5, 5.41) is 34.2. The van der Waals surface area contributed by atoms with E-state index in [1.54, 1.807) is 24.7 Å². The highest BCUT2D eigenvalue weighted by molar-refractivity contribution is 5.95. The number of ether oxygens (including phenoxy) is 2. The summed E-state index contributed by atoms with van der Waals surface area (Å²) >= 11 is 0. The van der Waals surface area contributed by atoms with Crippen LogP contribution in [0.15, 0.2) is 79.4 Å². The maximum absolute atomic E-state index is 11.6. The van der Waals surface area contributed by atoms with Crippen molar-refractivity contribution < 1.29 is 19.7 Å². The number of rotatable bonds is 6. The quantitative estimate of drug-likeness (QED) is 0.294. The fourth-order valence-electron chi connectivity index (χ4n) is 6.37. The molecule has 0 unspecified atom stereocenters. The lowest BCUT2D eigenvalue weighted by Crippen LogP contribution is -2.25. The van der Waals surface area contributed by atoms with Crippen LogP contribution in [-0.2, 0) is 15.9 Å². The lowest BCUT2D eigenvalue weighted by Gasteiger charge is -2.26. The van der Waals surface area contributed by atoms with Crippen LogP contribution in [0.3, 0.4) is 0 Å². The van der Waals surface area contributed by atoms with E-state index in [4.69, 9.17) is 9.47 Å². The summed E-state index contributed by atoms with van der Waals surface area (Å²) in [5.41, 5.74) is 1.92. The van der Waals surface area contributed by atoms with E-state index in [0.717, 1.165) is 28.6 Å². The standard InChI is InChI=1S/C31H26N4O4/c1-30-12-13-31(39-30,14-17-38-22-9-7-21(8-10-22)34-16-15-33-19-34)27-26(30)28(36)35(29(27)37)25-11-6-20(18-32)23-4-2-3-5-24(23)25/h2-11,15-16,19,36-37H,12-14,17H2,1H3/t30-,31-/m1/s1. The fourth-order valence-corrected chi connectivity index (χ4v) is 6.37. The zero-order valence-corrected chi connectivity index (χ0v) is 21.3. The predicted octanol–water partition coefficient (Wildman–Crippen LogP) is 5.80. The summed E-state index contributed by atoms with van der Waals surface area (Å²) in [6.07, 6.45) is 7.32. The predicted molar refractivity (Wildman–Crippen MR) is 144 cm³/mol. The zero-order valence-electron chi connectivity index (χ0n) is 21.3. The van der Waals surface area contributed by atoms with E-state index in [1.807, 2.05) is 66.2 Å². The first kappa shape index (κ1) is 23.4. The Morgan fingerprint density at radius 3 is 2.51 bits per heavy atom. The van der Waals surface area contributed by atoms with E-state index in [1.165, 1.54) is 4.57 Å². The number of hydrogen-bond acceptors (Lipinski definition) is 6. The Morgan fingerprint density at radius 1 is 1.00 bits per heavy atom. The second-order valence-corrected chi connectivity index (χ2v) is 10.4. The normalized spacial score (nSPS) is 21.2. The summed E-state index contributed by atoms with van der Waals surface area (Å²) < 4.78 is 16.1. The van der Waals surface area contributed by atoms with Crippen LogP contribution in [0.5, 0.6) is 17.5 Å². The summed E-state index contributed by atoms with van der Waals surface area (Å²) in [4.78, 5) is 4.08. The maximum atomic E-state index is 11.6. The molecule has 2 aromatic heterocycles. The van der Waals surface area contributed by atoms with Crippen molar-refractivity contribution in [1.29, 1.82) is 5.26 Å². The SMILES string of the molecule is C[C@]12CC[C@](CCOc3ccc(-n4ccnc4)cc3)(O1)c1c2c(O)n(-c2ccc(C#N)c3ccccc23)c1O. The first-order chi connectivity index (χ1) is 18.9. The highest BCUT2D eigenvalue weighted by Gasteiger charge is 2.61. The van der Waals surface area contributed by atoms with Gasteiger partial charge in [0.25, 0.3) is 0 Å². The van der Waals surface area contributed by atoms with Crippen LogP contribution in [0.2, 0.25) is 0 Å². The molecule has 0 radical (unpaired) electrons. The van der Waals surface area contributed by atoms with Crippen molar-refractivity contribution in [2.24, 2.45) is 0 Å². The molecular weight excluding hydrogens is 492 g/mol. The number of hydrogen-bond donors (Lipinski definition) is 2. The Labute approximate surface area is 224 Å². The number of benzene rings is 3. The minimum absolute atomic E-state index is 0.0301. The van der Waals surface area contributed by atoms with Crippen LogP contribution in [-0.4, -0.2) is 30.9 Å². The monoisotopic (exact) mass is 518 g/mol. The molecule has 4 heterocycles. The van der Waals surface area contributed by atoms with Crippen molar-refractivity contribution in [1.82, 2.24) is 14.1 Å². The molecule has 39 heavy (non-hydrogen) atoms. The molecule has 0 spiro atoms. The number of nitrogens with zero attached hydrogens (tertiary/aromatic N) is 4. The average Bonchev–Trinajstić information content (AvgIpc) is 3.71. The van der Waals surface area contributed by atoms with Crippen LogP contribution < -0.4 is 4.74 Å². The fraction of sp³-hybridized carbons (Fsp3) is 0.226. The van der Waals surface area contributed by atoms with Crippen molar-refractivity contribution in [3.63, 3.8) is 0 Å². The van der Waals surface area contributed by atoms with Crippen LogP contribution >= 0.6 is 0 Å². The van der Waals surface area contributed by atoms with Gasteiger partial charge in [0, 0.05) is 35.3 Å². The van der Waals surface area contributed by atoms with Crippen LogP contribution in [0.1, 0.15) is 42.9 Å². The maximum Gasteiger partial charge on any atom is 0.205 e. The number of aromatic hydroxyl groups is 2. The number of nitriles is 1. The molecule has 1 saturated heterocycles. The van der Waals surface area contributed by atoms with Gasteiger partial charge in [-0.1, -0.05) is 24.3 Å². The topological polar surface area (TPSA) is 105 Å². The van der Waals surface area contributed by atoms with E-state index >= 15 is 0 Å². The first-order valence-corrected chi connectivity index (χ1v) is 13.0. The summed E-state index contributed by atoms with van der Waals surface area (Å²) in [6.45, 7) is 2.35. The van der Waals surface area contributed by atoms with E-state index in [-0.39, 0.29) is 11.8 Å². The van der Waals surface area contributed by atoms with E-state index in [2.05, 4.69) is 11.1 Å². The molecule has 8 heteroatoms. The molecule has 2 bridgehead atoms. The van der Waals surface area contributed by atoms with Crippen LogP contribution in [0.4, 0.5) is 0 Å². The average molecular weight is 519 g/mol. The summed E-state index contributed by atoms with van der Waals surface area (Å²) in [7, 11) is 0. The van der Waals surface area contributed by atoms with Gasteiger partial charge in [-0.25, -0.2) is 4.98 Å². The van der Waals surface area contributed by atoms with Gasteiger partial charge in [0.1, 0.15) is 11.4 Å². The second-order valence-electron chi connectivity index (χ2n) is 10.4. The smallest absolute Gasteiger partial charge is 0.205 e. The minimum atomic E-state index is -0.768. The molecule has 3 aromatic carbocycles. The number of fused-ring (bicyclic) bond motifs is 6. The molecule has 2 N–H and O–H groups in total. The molecule has 8 nitrogen and oxygen atoms in total. The highest BCUT2D eigenvalue weighted by atomic mass is 16.5. The van der Waals surface area contributed by atoms with Gasteiger partial charge in [-0.15, -0.1) is 0 Å². The van der Waals surface area contributed by atoms with Crippen molar-refractivity contribution in [3.05, 3.63) is 96.1 Å². The van der Waals surface area contributed by atoms with Gasteiger partial charge in [0.2, 0.25) is 11.8 Å². The Bertz CT molecular complexity index is 1770. The van der Waals surface area contributed by atoms with Gasteiger partial charge >= 0.3 is 0 Å². The summed E-state index contributed by atoms with van der Waals surface area (Å²) in [6, 6.07) is 21.0. The minimum Gasteiger partial charge on any atom is -0.494 e. The second kappa shape index (κ2) is 8.38. The molecule has 1 fully saturated rings. The highest BCUT2D eigenvalue weighted by Crippen LogP contribution is 2.65. The zero-order chi connectivity index (χ0) is 26.8. The van der Waals surface area contributed by atoms with Gasteiger partial charge in [-0.3, -0.25) is 4.57 Å². The van der Waals surface area contributed by atoms with E-state index in [0.29, 0.717) is 41.8 Å². The first-order valence-electron chi connectivity index (χ1n) is 13.0. The van der Waals surface area contributed by atoms with Gasteiger partial charge < -0.3 is 24.3 Å². The van der Waals surface area contributed by atoms with Crippen molar-refractivity contribution in [2.45, 2.75) is 37.4 Å². The third-order valence-corrected chi connectivity index (χ3v) is 8.21. The lowest BCUT2D eigenvalue weighted by molar-refractivity contribution is -0.0876. The van der Waals surface area contributed by atoms with Crippen LogP contribution in [0, 0.1) is 11.3 Å². The molecular formula is C31H26N4O4. The Hall–Kier alpha value is -4.74. The Balaban J connectivity index is 1.22. The van der Waals surface area contributed by atoms with Crippen molar-refractivity contribution >= 4 is 10.8 Å².